The summed E-state index contributed by atoms with van der Waals surface area (Å²) < 4.78 is 0. The Labute approximate surface area is 103 Å². The van der Waals surface area contributed by atoms with Gasteiger partial charge in [0.25, 0.3) is 0 Å². The van der Waals surface area contributed by atoms with Gasteiger partial charge in [0.1, 0.15) is 0 Å². The Morgan fingerprint density at radius 2 is 2.00 bits per heavy atom. The summed E-state index contributed by atoms with van der Waals surface area (Å²) >= 11 is 1.88. The molecule has 16 heavy (non-hydrogen) atoms. The molecule has 0 aliphatic heterocycles. The summed E-state index contributed by atoms with van der Waals surface area (Å²) in [6, 6.07) is 8.48. The fourth-order valence-electron chi connectivity index (χ4n) is 1.44. The molecule has 2 heteroatoms. The van der Waals surface area contributed by atoms with Crippen molar-refractivity contribution in [3.8, 4) is 0 Å². The molecule has 0 unspecified atom stereocenters. The molecule has 0 fully saturated rings. The molecule has 0 bridgehead atoms. The Morgan fingerprint density at radius 3 is 2.69 bits per heavy atom. The normalized spacial score (nSPS) is 9.81. The minimum absolute atomic E-state index is 0.874. The number of hydrogen-bond acceptors (Lipinski definition) is 2. The van der Waals surface area contributed by atoms with Crippen molar-refractivity contribution < 1.29 is 0 Å². The minimum Gasteiger partial charge on any atom is -0.370 e. The number of thioether (sulfide) groups is 1. The van der Waals surface area contributed by atoms with Crippen molar-refractivity contribution in [1.82, 2.24) is 0 Å². The molecule has 0 aromatic heterocycles. The number of allylic oxidation sites excluding steroid dienone is 1. The second-order valence-electron chi connectivity index (χ2n) is 3.56. The van der Waals surface area contributed by atoms with Gasteiger partial charge in [-0.15, -0.1) is 24.9 Å². The molecule has 0 saturated heterocycles. The molecule has 0 saturated carbocycles. The van der Waals surface area contributed by atoms with Crippen molar-refractivity contribution in [1.29, 1.82) is 0 Å². The molecular weight excluding hydrogens is 214 g/mol. The number of anilines is 1. The van der Waals surface area contributed by atoms with Crippen LogP contribution in [0.3, 0.4) is 0 Å². The molecule has 1 nitrogen and oxygen atoms in total. The zero-order valence-electron chi connectivity index (χ0n) is 9.86. The van der Waals surface area contributed by atoms with E-state index in [9.17, 15) is 0 Å². The average Bonchev–Trinajstić information content (AvgIpc) is 2.30. The first-order chi connectivity index (χ1) is 7.79. The summed E-state index contributed by atoms with van der Waals surface area (Å²) in [6.07, 6.45) is 4.93. The Kier molecular flexibility index (Phi) is 5.79. The SMILES string of the molecule is C=CCCSc1ccccc1N(C)CC=C. The Balaban J connectivity index is 2.73. The van der Waals surface area contributed by atoms with Gasteiger partial charge in [0, 0.05) is 24.2 Å². The second kappa shape index (κ2) is 7.18. The van der Waals surface area contributed by atoms with Gasteiger partial charge in [-0.25, -0.2) is 0 Å². The zero-order chi connectivity index (χ0) is 11.8. The first-order valence-corrected chi connectivity index (χ1v) is 6.43. The highest BCUT2D eigenvalue weighted by Crippen LogP contribution is 2.29. The summed E-state index contributed by atoms with van der Waals surface area (Å²) in [4.78, 5) is 3.54. The van der Waals surface area contributed by atoms with Crippen LogP contribution in [0, 0.1) is 0 Å². The molecule has 0 N–H and O–H groups in total. The van der Waals surface area contributed by atoms with Crippen LogP contribution in [-0.2, 0) is 0 Å². The summed E-state index contributed by atoms with van der Waals surface area (Å²) in [5.74, 6) is 1.09. The molecule has 0 spiro atoms. The molecule has 0 amide bonds. The van der Waals surface area contributed by atoms with Crippen LogP contribution >= 0.6 is 11.8 Å². The summed E-state index contributed by atoms with van der Waals surface area (Å²) in [5.41, 5.74) is 1.27. The third-order valence-electron chi connectivity index (χ3n) is 2.26. The summed E-state index contributed by atoms with van der Waals surface area (Å²) in [6.45, 7) is 8.39. The molecular formula is C14H19NS. The lowest BCUT2D eigenvalue weighted by atomic mass is 10.3. The fraction of sp³-hybridized carbons (Fsp3) is 0.286. The van der Waals surface area contributed by atoms with Gasteiger partial charge in [-0.1, -0.05) is 24.3 Å². The monoisotopic (exact) mass is 233 g/mol. The predicted octanol–water partition coefficient (Wildman–Crippen LogP) is 3.98. The van der Waals surface area contributed by atoms with Crippen molar-refractivity contribution in [3.63, 3.8) is 0 Å². The van der Waals surface area contributed by atoms with E-state index in [0.29, 0.717) is 0 Å². The van der Waals surface area contributed by atoms with Crippen LogP contribution in [0.5, 0.6) is 0 Å². The van der Waals surface area contributed by atoms with E-state index in [-0.39, 0.29) is 0 Å². The highest BCUT2D eigenvalue weighted by atomic mass is 32.2. The topological polar surface area (TPSA) is 3.24 Å². The van der Waals surface area contributed by atoms with E-state index in [1.54, 1.807) is 0 Å². The lowest BCUT2D eigenvalue weighted by molar-refractivity contribution is 1.01. The van der Waals surface area contributed by atoms with Crippen molar-refractivity contribution in [3.05, 3.63) is 49.6 Å². The van der Waals surface area contributed by atoms with Crippen LogP contribution in [0.4, 0.5) is 5.69 Å². The smallest absolute Gasteiger partial charge is 0.0504 e. The van der Waals surface area contributed by atoms with Gasteiger partial charge in [-0.05, 0) is 18.6 Å². The maximum absolute atomic E-state index is 3.77. The molecule has 0 atom stereocenters. The number of benzene rings is 1. The lowest BCUT2D eigenvalue weighted by Gasteiger charge is -2.20. The van der Waals surface area contributed by atoms with E-state index in [4.69, 9.17) is 0 Å². The predicted molar refractivity (Wildman–Crippen MR) is 75.4 cm³/mol. The van der Waals surface area contributed by atoms with E-state index in [2.05, 4.69) is 49.4 Å². The molecule has 0 heterocycles. The van der Waals surface area contributed by atoms with Crippen LogP contribution in [0.1, 0.15) is 6.42 Å². The first kappa shape index (κ1) is 12.9. The zero-order valence-corrected chi connectivity index (χ0v) is 10.7. The van der Waals surface area contributed by atoms with Gasteiger partial charge >= 0.3 is 0 Å². The molecule has 1 aromatic rings. The number of likely N-dealkylation sites (N-methyl/N-ethyl adjacent to an activating group) is 1. The van der Waals surface area contributed by atoms with Crippen LogP contribution in [-0.4, -0.2) is 19.3 Å². The Bertz CT molecular complexity index is 346. The third kappa shape index (κ3) is 3.78. The van der Waals surface area contributed by atoms with Crippen molar-refractivity contribution >= 4 is 17.4 Å². The van der Waals surface area contributed by atoms with Crippen molar-refractivity contribution in [2.75, 3.05) is 24.2 Å². The number of rotatable bonds is 7. The van der Waals surface area contributed by atoms with Crippen molar-refractivity contribution in [2.24, 2.45) is 0 Å². The third-order valence-corrected chi connectivity index (χ3v) is 3.36. The van der Waals surface area contributed by atoms with Gasteiger partial charge < -0.3 is 4.90 Å². The average molecular weight is 233 g/mol. The summed E-state index contributed by atoms with van der Waals surface area (Å²) in [5, 5.41) is 0. The van der Waals surface area contributed by atoms with Gasteiger partial charge in [0.15, 0.2) is 0 Å². The number of hydrogen-bond donors (Lipinski definition) is 0. The molecule has 1 aromatic carbocycles. The molecule has 0 radical (unpaired) electrons. The highest BCUT2D eigenvalue weighted by Gasteiger charge is 2.05. The van der Waals surface area contributed by atoms with E-state index >= 15 is 0 Å². The quantitative estimate of drug-likeness (QED) is 0.398. The number of para-hydroxylation sites is 1. The second-order valence-corrected chi connectivity index (χ2v) is 4.70. The van der Waals surface area contributed by atoms with Crippen molar-refractivity contribution in [2.45, 2.75) is 11.3 Å². The van der Waals surface area contributed by atoms with Gasteiger partial charge in [0.05, 0.1) is 5.69 Å². The highest BCUT2D eigenvalue weighted by molar-refractivity contribution is 7.99. The van der Waals surface area contributed by atoms with E-state index in [1.165, 1.54) is 10.6 Å². The van der Waals surface area contributed by atoms with E-state index < -0.39 is 0 Å². The Hall–Kier alpha value is -1.15. The maximum atomic E-state index is 3.77. The largest absolute Gasteiger partial charge is 0.370 e. The fourth-order valence-corrected chi connectivity index (χ4v) is 2.49. The molecule has 0 aliphatic carbocycles. The minimum atomic E-state index is 0.874. The first-order valence-electron chi connectivity index (χ1n) is 5.44. The van der Waals surface area contributed by atoms with E-state index in [1.807, 2.05) is 23.9 Å². The van der Waals surface area contributed by atoms with Gasteiger partial charge in [-0.3, -0.25) is 0 Å². The molecule has 86 valence electrons. The Morgan fingerprint density at radius 1 is 1.25 bits per heavy atom. The van der Waals surface area contributed by atoms with Gasteiger partial charge in [0.2, 0.25) is 0 Å². The van der Waals surface area contributed by atoms with E-state index in [0.717, 1.165) is 18.7 Å². The van der Waals surface area contributed by atoms with Crippen LogP contribution < -0.4 is 4.90 Å². The standard InChI is InChI=1S/C14H19NS/c1-4-6-12-16-14-10-8-7-9-13(14)15(3)11-5-2/h4-5,7-10H,1-2,6,11-12H2,3H3. The van der Waals surface area contributed by atoms with Crippen LogP contribution in [0.15, 0.2) is 54.5 Å². The molecule has 1 rings (SSSR count). The summed E-state index contributed by atoms with van der Waals surface area (Å²) in [7, 11) is 2.09. The van der Waals surface area contributed by atoms with Crippen LogP contribution in [0.25, 0.3) is 0 Å². The number of nitrogens with zero attached hydrogens (tertiary/aromatic N) is 1. The lowest BCUT2D eigenvalue weighted by Crippen LogP contribution is -2.17. The maximum Gasteiger partial charge on any atom is 0.0504 e. The van der Waals surface area contributed by atoms with Gasteiger partial charge in [-0.2, -0.15) is 0 Å². The van der Waals surface area contributed by atoms with Crippen LogP contribution in [0.2, 0.25) is 0 Å². The molecule has 0 aliphatic rings.